The van der Waals surface area contributed by atoms with Crippen LogP contribution in [-0.4, -0.2) is 44.9 Å². The number of aromatic nitrogens is 4. The Balaban J connectivity index is 2.17. The smallest absolute Gasteiger partial charge is 0.333 e. The van der Waals surface area contributed by atoms with Crippen LogP contribution in [0, 0.1) is 5.82 Å². The van der Waals surface area contributed by atoms with Crippen molar-refractivity contribution in [2.75, 3.05) is 19.4 Å². The van der Waals surface area contributed by atoms with Crippen LogP contribution in [0.25, 0.3) is 33.3 Å². The first-order valence-corrected chi connectivity index (χ1v) is 10.3. The summed E-state index contributed by atoms with van der Waals surface area (Å²) in [7, 11) is 5.14. The van der Waals surface area contributed by atoms with E-state index in [9.17, 15) is 4.79 Å². The maximum Gasteiger partial charge on any atom is 0.333 e. The van der Waals surface area contributed by atoms with Gasteiger partial charge in [-0.2, -0.15) is 5.10 Å². The summed E-state index contributed by atoms with van der Waals surface area (Å²) in [5.41, 5.74) is 10.4. The van der Waals surface area contributed by atoms with Crippen LogP contribution in [0.4, 0.5) is 10.1 Å². The van der Waals surface area contributed by atoms with Gasteiger partial charge in [-0.1, -0.05) is 6.92 Å². The number of hydrogen-bond acceptors (Lipinski definition) is 7. The summed E-state index contributed by atoms with van der Waals surface area (Å²) in [6.45, 7) is 5.38. The number of imidazole rings is 1. The van der Waals surface area contributed by atoms with Crippen LogP contribution in [0.2, 0.25) is 0 Å². The number of halogens is 1. The van der Waals surface area contributed by atoms with Crippen LogP contribution in [0.5, 0.6) is 0 Å². The number of benzene rings is 1. The van der Waals surface area contributed by atoms with Crippen LogP contribution < -0.4 is 16.7 Å². The number of nitrogens with two attached hydrogens (primary N) is 1. The van der Waals surface area contributed by atoms with Gasteiger partial charge in [-0.3, -0.25) is 24.1 Å². The second kappa shape index (κ2) is 8.38. The average molecular weight is 449 g/mol. The molecule has 4 rings (SSSR count). The van der Waals surface area contributed by atoms with Crippen LogP contribution in [-0.2, 0) is 13.5 Å². The quantitative estimate of drug-likeness (QED) is 0.347. The summed E-state index contributed by atoms with van der Waals surface area (Å²) in [6.07, 6.45) is 6.47. The van der Waals surface area contributed by atoms with E-state index in [2.05, 4.69) is 27.1 Å². The zero-order valence-electron chi connectivity index (χ0n) is 18.9. The largest absolute Gasteiger partial charge is 0.397 e. The van der Waals surface area contributed by atoms with Gasteiger partial charge in [-0.25, -0.2) is 9.18 Å². The normalized spacial score (nSPS) is 11.8. The fourth-order valence-electron chi connectivity index (χ4n) is 3.99. The maximum absolute atomic E-state index is 15.0. The van der Waals surface area contributed by atoms with Gasteiger partial charge >= 0.3 is 5.69 Å². The Morgan fingerprint density at radius 3 is 2.79 bits per heavy atom. The highest BCUT2D eigenvalue weighted by atomic mass is 19.1. The second-order valence-electron chi connectivity index (χ2n) is 7.62. The van der Waals surface area contributed by atoms with E-state index < -0.39 is 5.82 Å². The predicted molar refractivity (Wildman–Crippen MR) is 130 cm³/mol. The molecule has 3 N–H and O–H groups in total. The van der Waals surface area contributed by atoms with E-state index in [1.165, 1.54) is 14.1 Å². The molecule has 0 saturated carbocycles. The van der Waals surface area contributed by atoms with Crippen molar-refractivity contribution in [1.82, 2.24) is 24.1 Å². The van der Waals surface area contributed by atoms with Crippen LogP contribution in [0.15, 0.2) is 46.8 Å². The lowest BCUT2D eigenvalue weighted by atomic mass is 10.0. The Morgan fingerprint density at radius 1 is 1.36 bits per heavy atom. The monoisotopic (exact) mass is 448 g/mol. The molecule has 3 heterocycles. The molecule has 0 aliphatic carbocycles. The van der Waals surface area contributed by atoms with Gasteiger partial charge in [0.05, 0.1) is 40.3 Å². The molecule has 3 aromatic heterocycles. The van der Waals surface area contributed by atoms with Crippen LogP contribution in [0.1, 0.15) is 18.1 Å². The molecule has 9 nitrogen and oxygen atoms in total. The van der Waals surface area contributed by atoms with Gasteiger partial charge in [0.2, 0.25) is 0 Å². The molecule has 33 heavy (non-hydrogen) atoms. The highest BCUT2D eigenvalue weighted by molar-refractivity contribution is 6.06. The number of rotatable bonds is 6. The number of aryl methyl sites for hydroxylation is 2. The summed E-state index contributed by atoms with van der Waals surface area (Å²) >= 11 is 0. The van der Waals surface area contributed by atoms with Crippen molar-refractivity contribution in [2.45, 2.75) is 13.3 Å². The van der Waals surface area contributed by atoms with E-state index in [1.807, 2.05) is 19.1 Å². The highest BCUT2D eigenvalue weighted by Crippen LogP contribution is 2.32. The molecule has 0 spiro atoms. The number of hydrazone groups is 1. The molecule has 0 aliphatic rings. The van der Waals surface area contributed by atoms with Crippen LogP contribution >= 0.6 is 0 Å². The molecule has 0 bridgehead atoms. The Hall–Kier alpha value is -4.21. The van der Waals surface area contributed by atoms with Crippen molar-refractivity contribution < 1.29 is 4.39 Å². The number of hydrogen-bond donors (Lipinski definition) is 2. The third kappa shape index (κ3) is 3.49. The number of nitrogens with zero attached hydrogens (tertiary/aromatic N) is 6. The lowest BCUT2D eigenvalue weighted by molar-refractivity contribution is 0.496. The fraction of sp³-hybridized carbons (Fsp3) is 0.217. The number of nitrogens with one attached hydrogen (secondary N) is 1. The molecule has 1 aromatic carbocycles. The second-order valence-corrected chi connectivity index (χ2v) is 7.62. The molecule has 0 saturated heterocycles. The Morgan fingerprint density at radius 2 is 2.12 bits per heavy atom. The summed E-state index contributed by atoms with van der Waals surface area (Å²) in [5.74, 6) is -0.570. The first-order chi connectivity index (χ1) is 15.8. The molecule has 0 atom stereocenters. The molecule has 170 valence electrons. The van der Waals surface area contributed by atoms with Gasteiger partial charge in [0.25, 0.3) is 0 Å². The van der Waals surface area contributed by atoms with E-state index in [1.54, 1.807) is 39.7 Å². The zero-order chi connectivity index (χ0) is 23.9. The molecular weight excluding hydrogens is 423 g/mol. The molecule has 10 heteroatoms. The van der Waals surface area contributed by atoms with Crippen molar-refractivity contribution >= 4 is 40.0 Å². The molecular formula is C23H25FN8O. The lowest BCUT2D eigenvalue weighted by Crippen LogP contribution is -2.22. The Labute approximate surface area is 189 Å². The highest BCUT2D eigenvalue weighted by Gasteiger charge is 2.22. The van der Waals surface area contributed by atoms with E-state index in [0.29, 0.717) is 45.2 Å². The van der Waals surface area contributed by atoms with Gasteiger partial charge < -0.3 is 11.1 Å². The Kier molecular flexibility index (Phi) is 5.59. The molecule has 0 fully saturated rings. The number of pyridine rings is 2. The van der Waals surface area contributed by atoms with Gasteiger partial charge in [0.15, 0.2) is 5.82 Å². The molecule has 0 amide bonds. The van der Waals surface area contributed by atoms with Gasteiger partial charge in [-0.15, -0.1) is 0 Å². The van der Waals surface area contributed by atoms with Gasteiger partial charge in [0, 0.05) is 56.9 Å². The SMILES string of the molecule is C=NN(C)/C=C(\N)c1cc2c(cc1NC)ncc1c2n(-c2c(F)cncc2CC)c(=O)n1C. The summed E-state index contributed by atoms with van der Waals surface area (Å²) in [4.78, 5) is 21.8. The van der Waals surface area contributed by atoms with Crippen molar-refractivity contribution in [1.29, 1.82) is 0 Å². The zero-order valence-corrected chi connectivity index (χ0v) is 18.9. The standard InChI is InChI=1S/C23H25FN8O/c1-6-13-9-28-10-16(24)21(13)32-22-15-7-14(17(25)12-30(4)27-3)18(26-2)8-19(15)29-11-20(22)31(5)23(32)33/h7-12,26H,3,6,25H2,1-2,4-5H3/b17-12-. The maximum atomic E-state index is 15.0. The summed E-state index contributed by atoms with van der Waals surface area (Å²) < 4.78 is 17.9. The van der Waals surface area contributed by atoms with Crippen molar-refractivity contribution in [3.8, 4) is 5.69 Å². The third-order valence-corrected chi connectivity index (χ3v) is 5.71. The van der Waals surface area contributed by atoms with E-state index in [-0.39, 0.29) is 11.4 Å². The van der Waals surface area contributed by atoms with Crippen molar-refractivity contribution in [3.05, 3.63) is 64.4 Å². The number of anilines is 1. The molecule has 0 radical (unpaired) electrons. The van der Waals surface area contributed by atoms with Crippen molar-refractivity contribution in [2.24, 2.45) is 17.9 Å². The molecule has 4 aromatic rings. The van der Waals surface area contributed by atoms with E-state index >= 15 is 4.39 Å². The number of fused-ring (bicyclic) bond motifs is 3. The fourth-order valence-corrected chi connectivity index (χ4v) is 3.99. The minimum atomic E-state index is -0.570. The topological polar surface area (TPSA) is 106 Å². The molecule has 0 unspecified atom stereocenters. The molecule has 0 aliphatic heterocycles. The van der Waals surface area contributed by atoms with E-state index in [4.69, 9.17) is 5.73 Å². The van der Waals surface area contributed by atoms with E-state index in [0.717, 1.165) is 11.9 Å². The van der Waals surface area contributed by atoms with Crippen molar-refractivity contribution in [3.63, 3.8) is 0 Å². The third-order valence-electron chi connectivity index (χ3n) is 5.71. The minimum absolute atomic E-state index is 0.189. The predicted octanol–water partition coefficient (Wildman–Crippen LogP) is 2.82. The summed E-state index contributed by atoms with van der Waals surface area (Å²) in [6, 6.07) is 3.69. The van der Waals surface area contributed by atoms with Crippen LogP contribution in [0.3, 0.4) is 0 Å². The summed E-state index contributed by atoms with van der Waals surface area (Å²) in [5, 5.41) is 9.10. The van der Waals surface area contributed by atoms with Gasteiger partial charge in [-0.05, 0) is 24.1 Å². The van der Waals surface area contributed by atoms with Gasteiger partial charge in [0.1, 0.15) is 0 Å². The lowest BCUT2D eigenvalue weighted by Gasteiger charge is -2.15. The first kappa shape index (κ1) is 22.0. The first-order valence-electron chi connectivity index (χ1n) is 10.3. The minimum Gasteiger partial charge on any atom is -0.397 e. The Bertz CT molecular complexity index is 1480. The average Bonchev–Trinajstić information content (AvgIpc) is 3.07.